The minimum absolute atomic E-state index is 0.288. The molecule has 3 aliphatic carbocycles. The number of rotatable bonds is 9. The van der Waals surface area contributed by atoms with E-state index in [1.54, 1.807) is 0 Å². The summed E-state index contributed by atoms with van der Waals surface area (Å²) in [6, 6.07) is 0. The highest BCUT2D eigenvalue weighted by molar-refractivity contribution is 5.66. The van der Waals surface area contributed by atoms with Gasteiger partial charge in [0.1, 0.15) is 0 Å². The van der Waals surface area contributed by atoms with Gasteiger partial charge in [-0.1, -0.05) is 25.0 Å². The predicted molar refractivity (Wildman–Crippen MR) is 91.3 cm³/mol. The first-order chi connectivity index (χ1) is 11.2. The summed E-state index contributed by atoms with van der Waals surface area (Å²) in [5.41, 5.74) is 0. The van der Waals surface area contributed by atoms with E-state index in [-0.39, 0.29) is 6.42 Å². The largest absolute Gasteiger partial charge is 0.481 e. The molecule has 3 rings (SSSR count). The Hall–Kier alpha value is -0.830. The van der Waals surface area contributed by atoms with E-state index in [2.05, 4.69) is 12.2 Å². The maximum Gasteiger partial charge on any atom is 0.303 e. The van der Waals surface area contributed by atoms with Crippen molar-refractivity contribution in [1.82, 2.24) is 0 Å². The highest BCUT2D eigenvalue weighted by atomic mass is 16.5. The number of fused-ring (bicyclic) bond motifs is 2. The fourth-order valence-corrected chi connectivity index (χ4v) is 5.20. The monoisotopic (exact) mass is 320 g/mol. The van der Waals surface area contributed by atoms with Crippen LogP contribution in [0.1, 0.15) is 70.6 Å². The molecular formula is C20H32O3. The van der Waals surface area contributed by atoms with Crippen molar-refractivity contribution in [2.45, 2.75) is 76.7 Å². The Morgan fingerprint density at radius 1 is 1.04 bits per heavy atom. The van der Waals surface area contributed by atoms with Gasteiger partial charge in [0.25, 0.3) is 0 Å². The van der Waals surface area contributed by atoms with Gasteiger partial charge >= 0.3 is 5.97 Å². The number of unbranched alkanes of at least 4 members (excludes halogenated alkanes) is 1. The molecule has 0 heterocycles. The molecule has 3 nitrogen and oxygen atoms in total. The van der Waals surface area contributed by atoms with E-state index in [0.29, 0.717) is 6.10 Å². The maximum absolute atomic E-state index is 10.5. The van der Waals surface area contributed by atoms with Crippen LogP contribution in [0.2, 0.25) is 0 Å². The lowest BCUT2D eigenvalue weighted by Gasteiger charge is -2.31. The van der Waals surface area contributed by atoms with Gasteiger partial charge in [-0.2, -0.15) is 0 Å². The molecule has 0 saturated heterocycles. The van der Waals surface area contributed by atoms with E-state index in [9.17, 15) is 4.79 Å². The van der Waals surface area contributed by atoms with Crippen molar-refractivity contribution in [3.05, 3.63) is 12.2 Å². The van der Waals surface area contributed by atoms with Gasteiger partial charge in [-0.15, -0.1) is 0 Å². The standard InChI is InChI=1S/C20H32O3/c21-20(22)10-4-2-1-3-9-18-15-11-12-16(13-15)19(18)14-23-17-7-5-6-8-17/h1,3,15-19H,2,4-14H2,(H,21,22)/t15-,16+,18-,19+/m0/s1. The van der Waals surface area contributed by atoms with Crippen LogP contribution in [0.5, 0.6) is 0 Å². The van der Waals surface area contributed by atoms with Crippen LogP contribution in [0.25, 0.3) is 0 Å². The zero-order chi connectivity index (χ0) is 16.1. The van der Waals surface area contributed by atoms with E-state index in [1.165, 1.54) is 51.4 Å². The first kappa shape index (κ1) is 17.0. The number of hydrogen-bond donors (Lipinski definition) is 1. The molecule has 1 N–H and O–H groups in total. The average Bonchev–Trinajstić information content (AvgIpc) is 3.25. The molecular weight excluding hydrogens is 288 g/mol. The van der Waals surface area contributed by atoms with E-state index in [4.69, 9.17) is 9.84 Å². The molecule has 4 atom stereocenters. The van der Waals surface area contributed by atoms with E-state index >= 15 is 0 Å². The summed E-state index contributed by atoms with van der Waals surface area (Å²) in [4.78, 5) is 10.5. The van der Waals surface area contributed by atoms with Gasteiger partial charge in [-0.05, 0) is 75.0 Å². The third-order valence-electron chi connectivity index (χ3n) is 6.44. The van der Waals surface area contributed by atoms with Crippen molar-refractivity contribution in [1.29, 1.82) is 0 Å². The molecule has 2 bridgehead atoms. The van der Waals surface area contributed by atoms with Gasteiger partial charge in [-0.25, -0.2) is 0 Å². The number of carbonyl (C=O) groups is 1. The Balaban J connectivity index is 1.42. The SMILES string of the molecule is O=C(O)CCCC=CC[C@H]1[C@H]2CC[C@H](C2)[C@H]1COC1CCCC1. The molecule has 3 aliphatic rings. The van der Waals surface area contributed by atoms with Crippen molar-refractivity contribution < 1.29 is 14.6 Å². The number of allylic oxidation sites excluding steroid dienone is 2. The molecule has 130 valence electrons. The lowest BCUT2D eigenvalue weighted by atomic mass is 9.78. The van der Waals surface area contributed by atoms with Crippen molar-refractivity contribution in [3.63, 3.8) is 0 Å². The summed E-state index contributed by atoms with van der Waals surface area (Å²) < 4.78 is 6.25. The lowest BCUT2D eigenvalue weighted by Crippen LogP contribution is -2.28. The van der Waals surface area contributed by atoms with Gasteiger partial charge in [0.05, 0.1) is 12.7 Å². The van der Waals surface area contributed by atoms with Gasteiger partial charge < -0.3 is 9.84 Å². The van der Waals surface area contributed by atoms with Crippen LogP contribution in [0, 0.1) is 23.7 Å². The van der Waals surface area contributed by atoms with Gasteiger partial charge in [0.2, 0.25) is 0 Å². The Morgan fingerprint density at radius 3 is 2.52 bits per heavy atom. The zero-order valence-electron chi connectivity index (χ0n) is 14.3. The topological polar surface area (TPSA) is 46.5 Å². The van der Waals surface area contributed by atoms with Crippen LogP contribution < -0.4 is 0 Å². The Kier molecular flexibility index (Phi) is 6.15. The molecule has 23 heavy (non-hydrogen) atoms. The van der Waals surface area contributed by atoms with E-state index in [1.807, 2.05) is 0 Å². The molecule has 0 aromatic carbocycles. The summed E-state index contributed by atoms with van der Waals surface area (Å²) in [6.45, 7) is 0.989. The zero-order valence-corrected chi connectivity index (χ0v) is 14.3. The average molecular weight is 320 g/mol. The van der Waals surface area contributed by atoms with Crippen molar-refractivity contribution in [3.8, 4) is 0 Å². The fourth-order valence-electron chi connectivity index (χ4n) is 5.20. The maximum atomic E-state index is 10.5. The predicted octanol–water partition coefficient (Wildman–Crippen LogP) is 4.81. The van der Waals surface area contributed by atoms with Crippen LogP contribution >= 0.6 is 0 Å². The highest BCUT2D eigenvalue weighted by Gasteiger charge is 2.46. The molecule has 3 heteroatoms. The smallest absolute Gasteiger partial charge is 0.303 e. The number of aliphatic carboxylic acids is 1. The molecule has 0 aliphatic heterocycles. The Morgan fingerprint density at radius 2 is 1.78 bits per heavy atom. The van der Waals surface area contributed by atoms with Crippen molar-refractivity contribution in [2.24, 2.45) is 23.7 Å². The Labute approximate surface area is 140 Å². The summed E-state index contributed by atoms with van der Waals surface area (Å²) in [7, 11) is 0. The minimum Gasteiger partial charge on any atom is -0.481 e. The summed E-state index contributed by atoms with van der Waals surface area (Å²) >= 11 is 0. The first-order valence-electron chi connectivity index (χ1n) is 9.72. The molecule has 0 amide bonds. The van der Waals surface area contributed by atoms with E-state index < -0.39 is 5.97 Å². The number of carboxylic acids is 1. The second-order valence-electron chi connectivity index (χ2n) is 7.89. The fraction of sp³-hybridized carbons (Fsp3) is 0.850. The summed E-state index contributed by atoms with van der Waals surface area (Å²) in [6.07, 6.45) is 17.7. The molecule has 3 saturated carbocycles. The van der Waals surface area contributed by atoms with Crippen molar-refractivity contribution in [2.75, 3.05) is 6.61 Å². The second kappa shape index (κ2) is 8.32. The van der Waals surface area contributed by atoms with Crippen LogP contribution in [0.3, 0.4) is 0 Å². The quantitative estimate of drug-likeness (QED) is 0.490. The first-order valence-corrected chi connectivity index (χ1v) is 9.72. The van der Waals surface area contributed by atoms with Gasteiger partial charge in [0.15, 0.2) is 0 Å². The van der Waals surface area contributed by atoms with Gasteiger partial charge in [-0.3, -0.25) is 4.79 Å². The van der Waals surface area contributed by atoms with Gasteiger partial charge in [0, 0.05) is 6.42 Å². The second-order valence-corrected chi connectivity index (χ2v) is 7.89. The number of carboxylic acid groups (broad SMARTS) is 1. The third-order valence-corrected chi connectivity index (χ3v) is 6.44. The molecule has 0 aromatic heterocycles. The molecule has 0 spiro atoms. The molecule has 0 aromatic rings. The highest BCUT2D eigenvalue weighted by Crippen LogP contribution is 2.53. The van der Waals surface area contributed by atoms with Crippen LogP contribution in [0.4, 0.5) is 0 Å². The third kappa shape index (κ3) is 4.59. The van der Waals surface area contributed by atoms with Crippen LogP contribution in [-0.2, 0) is 9.53 Å². The van der Waals surface area contributed by atoms with Crippen LogP contribution in [0.15, 0.2) is 12.2 Å². The minimum atomic E-state index is -0.685. The summed E-state index contributed by atoms with van der Waals surface area (Å²) in [5, 5.41) is 8.66. The van der Waals surface area contributed by atoms with Crippen LogP contribution in [-0.4, -0.2) is 23.8 Å². The summed E-state index contributed by atoms with van der Waals surface area (Å²) in [5.74, 6) is 2.73. The molecule has 3 fully saturated rings. The lowest BCUT2D eigenvalue weighted by molar-refractivity contribution is -0.137. The number of ether oxygens (including phenoxy) is 1. The van der Waals surface area contributed by atoms with E-state index in [0.717, 1.165) is 43.1 Å². The Bertz CT molecular complexity index is 411. The molecule has 0 radical (unpaired) electrons. The number of hydrogen-bond acceptors (Lipinski definition) is 2. The molecule has 0 unspecified atom stereocenters. The normalized spacial score (nSPS) is 33.9. The van der Waals surface area contributed by atoms with Crippen molar-refractivity contribution >= 4 is 5.97 Å².